The van der Waals surface area contributed by atoms with Crippen molar-refractivity contribution in [3.8, 4) is 22.3 Å². The average molecular weight is 700 g/mol. The van der Waals surface area contributed by atoms with Crippen molar-refractivity contribution in [1.29, 1.82) is 0 Å². The van der Waals surface area contributed by atoms with Crippen LogP contribution in [0.15, 0.2) is 150 Å². The Morgan fingerprint density at radius 3 is 2.49 bits per heavy atom. The zero-order chi connectivity index (χ0) is 35.6. The summed E-state index contributed by atoms with van der Waals surface area (Å²) >= 11 is 1.94. The van der Waals surface area contributed by atoms with Gasteiger partial charge in [-0.25, -0.2) is 0 Å². The third-order valence-corrected chi connectivity index (χ3v) is 12.8. The smallest absolute Gasteiger partial charge is 0.197 e. The largest absolute Gasteiger partial charge is 0.355 e. The second-order valence-electron chi connectivity index (χ2n) is 14.7. The van der Waals surface area contributed by atoms with Gasteiger partial charge in [0, 0.05) is 55.4 Å². The fraction of sp³-hybridized carbons (Fsp3) is 0.143. The number of nitrogens with one attached hydrogen (secondary N) is 1. The SMILES string of the molecule is C=C/C=C\C1=C(C)N(C2=C(C)CCC=C2)c2c(c(-c3cc4ccccc4cc3Nc3ccc4sc5c(c4c3)C=CCC5)cc3c2Cc2ccccc2-3)[B]1. The molecule has 1 N–H and O–H groups in total. The van der Waals surface area contributed by atoms with Gasteiger partial charge in [0.15, 0.2) is 7.28 Å². The Morgan fingerprint density at radius 2 is 1.62 bits per heavy atom. The molecule has 1 aromatic heterocycles. The average Bonchev–Trinajstić information content (AvgIpc) is 3.75. The molecule has 5 aromatic carbocycles. The van der Waals surface area contributed by atoms with Crippen LogP contribution in [0, 0.1) is 0 Å². The quantitative estimate of drug-likeness (QED) is 0.137. The molecule has 255 valence electrons. The molecular formula is C49H40BN2S. The summed E-state index contributed by atoms with van der Waals surface area (Å²) in [4.78, 5) is 4.08. The van der Waals surface area contributed by atoms with Crippen LogP contribution in [0.1, 0.15) is 54.7 Å². The van der Waals surface area contributed by atoms with Crippen molar-refractivity contribution in [2.75, 3.05) is 10.2 Å². The molecule has 4 heteroatoms. The molecule has 0 amide bonds. The predicted molar refractivity (Wildman–Crippen MR) is 231 cm³/mol. The van der Waals surface area contributed by atoms with Gasteiger partial charge >= 0.3 is 0 Å². The predicted octanol–water partition coefficient (Wildman–Crippen LogP) is 12.7. The topological polar surface area (TPSA) is 15.3 Å². The van der Waals surface area contributed by atoms with Gasteiger partial charge in [-0.2, -0.15) is 0 Å². The molecule has 2 heterocycles. The first-order valence-corrected chi connectivity index (χ1v) is 19.7. The summed E-state index contributed by atoms with van der Waals surface area (Å²) in [5, 5.41) is 7.77. The third kappa shape index (κ3) is 5.30. The fourth-order valence-electron chi connectivity index (χ4n) is 8.88. The second-order valence-corrected chi connectivity index (χ2v) is 15.9. The van der Waals surface area contributed by atoms with Crippen LogP contribution in [-0.2, 0) is 12.8 Å². The Hall–Kier alpha value is -5.58. The highest BCUT2D eigenvalue weighted by Gasteiger charge is 2.35. The van der Waals surface area contributed by atoms with Crippen molar-refractivity contribution in [2.24, 2.45) is 0 Å². The lowest BCUT2D eigenvalue weighted by molar-refractivity contribution is 0.908. The van der Waals surface area contributed by atoms with Crippen molar-refractivity contribution >= 4 is 68.1 Å². The van der Waals surface area contributed by atoms with Gasteiger partial charge in [0.2, 0.25) is 0 Å². The van der Waals surface area contributed by atoms with Crippen LogP contribution in [-0.4, -0.2) is 7.28 Å². The summed E-state index contributed by atoms with van der Waals surface area (Å²) in [5.74, 6) is 0. The first-order chi connectivity index (χ1) is 26.1. The number of hydrogen-bond acceptors (Lipinski definition) is 3. The number of allylic oxidation sites excluding steroid dienone is 9. The molecule has 2 nitrogen and oxygen atoms in total. The lowest BCUT2D eigenvalue weighted by Crippen LogP contribution is -2.38. The van der Waals surface area contributed by atoms with Gasteiger partial charge in [0.25, 0.3) is 0 Å². The van der Waals surface area contributed by atoms with Gasteiger partial charge in [0.05, 0.1) is 0 Å². The highest BCUT2D eigenvalue weighted by atomic mass is 32.1. The van der Waals surface area contributed by atoms with Gasteiger partial charge in [-0.1, -0.05) is 97.0 Å². The molecule has 1 radical (unpaired) electrons. The van der Waals surface area contributed by atoms with E-state index in [9.17, 15) is 0 Å². The first-order valence-electron chi connectivity index (χ1n) is 18.9. The van der Waals surface area contributed by atoms with Crippen LogP contribution in [0.25, 0.3) is 49.2 Å². The number of hydrogen-bond donors (Lipinski definition) is 1. The molecule has 0 atom stereocenters. The lowest BCUT2D eigenvalue weighted by atomic mass is 9.56. The molecule has 0 fully saturated rings. The fourth-order valence-corrected chi connectivity index (χ4v) is 10.1. The van der Waals surface area contributed by atoms with Gasteiger partial charge in [-0.3, -0.25) is 0 Å². The summed E-state index contributed by atoms with van der Waals surface area (Å²) in [5.41, 5.74) is 19.2. The minimum Gasteiger partial charge on any atom is -0.355 e. The summed E-state index contributed by atoms with van der Waals surface area (Å²) in [6, 6.07) is 31.9. The maximum Gasteiger partial charge on any atom is 0.197 e. The number of fused-ring (bicyclic) bond motifs is 9. The monoisotopic (exact) mass is 699 g/mol. The van der Waals surface area contributed by atoms with Gasteiger partial charge in [0.1, 0.15) is 0 Å². The minimum atomic E-state index is 0.919. The number of nitrogens with zero attached hydrogens (tertiary/aromatic N) is 1. The Kier molecular flexibility index (Phi) is 7.77. The third-order valence-electron chi connectivity index (χ3n) is 11.5. The van der Waals surface area contributed by atoms with Crippen molar-refractivity contribution in [1.82, 2.24) is 0 Å². The number of rotatable bonds is 6. The summed E-state index contributed by atoms with van der Waals surface area (Å²) in [6.07, 6.45) is 20.8. The van der Waals surface area contributed by atoms with Gasteiger partial charge in [-0.05, 0) is 137 Å². The molecule has 10 rings (SSSR count). The van der Waals surface area contributed by atoms with E-state index in [1.165, 1.54) is 98.3 Å². The molecule has 4 aliphatic rings. The standard InChI is InChI=1S/C49H40BN2S/c1-4-5-20-43-31(3)52(45-21-12-6-14-30(45)2)49-42-26-34-17-9-10-18-36(34)38(42)29-41(48(49)50-43)39-25-32-15-7-8-16-33(32)27-44(39)51-35-23-24-47-40(28-35)37-19-11-13-22-46(37)53-47/h4-5,7-12,15-21,23-25,27-29,51H,1,6,13-14,22,26H2,2-3H3/b20-5-. The molecule has 0 bridgehead atoms. The highest BCUT2D eigenvalue weighted by Crippen LogP contribution is 2.48. The van der Waals surface area contributed by atoms with Crippen LogP contribution in [0.5, 0.6) is 0 Å². The minimum absolute atomic E-state index is 0.919. The maximum atomic E-state index is 4.02. The van der Waals surface area contributed by atoms with Crippen LogP contribution < -0.4 is 15.7 Å². The lowest BCUT2D eigenvalue weighted by Gasteiger charge is -2.39. The molecule has 0 saturated heterocycles. The zero-order valence-electron chi connectivity index (χ0n) is 30.3. The first kappa shape index (κ1) is 32.1. The van der Waals surface area contributed by atoms with E-state index in [0.29, 0.717) is 0 Å². The molecule has 0 saturated carbocycles. The molecule has 3 aliphatic carbocycles. The van der Waals surface area contributed by atoms with E-state index in [1.54, 1.807) is 0 Å². The maximum absolute atomic E-state index is 4.02. The van der Waals surface area contributed by atoms with Crippen LogP contribution >= 0.6 is 11.3 Å². The zero-order valence-corrected chi connectivity index (χ0v) is 31.1. The Morgan fingerprint density at radius 1 is 0.811 bits per heavy atom. The van der Waals surface area contributed by atoms with Crippen LogP contribution in [0.2, 0.25) is 0 Å². The number of benzene rings is 5. The van der Waals surface area contributed by atoms with E-state index >= 15 is 0 Å². The normalized spacial score (nSPS) is 15.9. The summed E-state index contributed by atoms with van der Waals surface area (Å²) in [6.45, 7) is 8.61. The molecule has 0 unspecified atom stereocenters. The van der Waals surface area contributed by atoms with E-state index in [0.717, 1.165) is 43.5 Å². The Bertz CT molecular complexity index is 2700. The summed E-state index contributed by atoms with van der Waals surface area (Å²) in [7, 11) is 2.43. The molecule has 6 aromatic rings. The van der Waals surface area contributed by atoms with Crippen molar-refractivity contribution in [3.63, 3.8) is 0 Å². The molecule has 53 heavy (non-hydrogen) atoms. The van der Waals surface area contributed by atoms with Crippen molar-refractivity contribution < 1.29 is 0 Å². The van der Waals surface area contributed by atoms with Crippen LogP contribution in [0.3, 0.4) is 0 Å². The van der Waals surface area contributed by atoms with Gasteiger partial charge in [-0.15, -0.1) is 11.3 Å². The van der Waals surface area contributed by atoms with E-state index in [1.807, 2.05) is 17.4 Å². The Balaban J connectivity index is 1.24. The molecule has 1 aliphatic heterocycles. The van der Waals surface area contributed by atoms with Crippen molar-refractivity contribution in [2.45, 2.75) is 46.0 Å². The summed E-state index contributed by atoms with van der Waals surface area (Å²) < 4.78 is 1.36. The van der Waals surface area contributed by atoms with E-state index in [4.69, 9.17) is 0 Å². The molecular weight excluding hydrogens is 659 g/mol. The van der Waals surface area contributed by atoms with Gasteiger partial charge < -0.3 is 10.2 Å². The van der Waals surface area contributed by atoms with Crippen molar-refractivity contribution in [3.05, 3.63) is 172 Å². The van der Waals surface area contributed by atoms with E-state index in [2.05, 4.69) is 159 Å². The highest BCUT2D eigenvalue weighted by molar-refractivity contribution is 7.19. The number of anilines is 3. The molecule has 0 spiro atoms. The Labute approximate surface area is 317 Å². The van der Waals surface area contributed by atoms with E-state index in [-0.39, 0.29) is 0 Å². The number of thiophene rings is 1. The van der Waals surface area contributed by atoms with E-state index < -0.39 is 0 Å². The second kappa shape index (κ2) is 12.8. The number of aryl methyl sites for hydroxylation is 1. The van der Waals surface area contributed by atoms with Crippen LogP contribution in [0.4, 0.5) is 17.1 Å².